The molecule has 0 saturated heterocycles. The Labute approximate surface area is 116 Å². The van der Waals surface area contributed by atoms with E-state index in [1.54, 1.807) is 0 Å². The van der Waals surface area contributed by atoms with E-state index in [9.17, 15) is 9.59 Å². The number of amides is 1. The van der Waals surface area contributed by atoms with Gasteiger partial charge in [-0.05, 0) is 20.0 Å². The Morgan fingerprint density at radius 2 is 2.16 bits per heavy atom. The van der Waals surface area contributed by atoms with Crippen molar-refractivity contribution in [3.8, 4) is 0 Å². The lowest BCUT2D eigenvalue weighted by atomic mass is 10.3. The van der Waals surface area contributed by atoms with Crippen molar-refractivity contribution in [1.82, 2.24) is 9.88 Å². The summed E-state index contributed by atoms with van der Waals surface area (Å²) in [5.74, 6) is -1.32. The van der Waals surface area contributed by atoms with E-state index in [0.29, 0.717) is 16.6 Å². The molecule has 6 nitrogen and oxygen atoms in total. The van der Waals surface area contributed by atoms with Crippen molar-refractivity contribution in [1.29, 1.82) is 0 Å². The number of thiazole rings is 1. The van der Waals surface area contributed by atoms with Crippen LogP contribution < -0.4 is 5.32 Å². The van der Waals surface area contributed by atoms with Gasteiger partial charge in [-0.2, -0.15) is 0 Å². The summed E-state index contributed by atoms with van der Waals surface area (Å²) in [6.07, 6.45) is 2.16. The summed E-state index contributed by atoms with van der Waals surface area (Å²) in [7, 11) is 1.94. The highest BCUT2D eigenvalue weighted by molar-refractivity contribution is 7.16. The van der Waals surface area contributed by atoms with Crippen LogP contribution in [0.4, 0.5) is 5.13 Å². The van der Waals surface area contributed by atoms with E-state index in [1.165, 1.54) is 18.3 Å². The molecule has 1 rings (SSSR count). The van der Waals surface area contributed by atoms with E-state index in [-0.39, 0.29) is 11.6 Å². The molecule has 0 atom stereocenters. The summed E-state index contributed by atoms with van der Waals surface area (Å²) in [4.78, 5) is 28.8. The normalized spacial score (nSPS) is 10.7. The fraction of sp³-hybridized carbons (Fsp3) is 0.583. The Morgan fingerprint density at radius 3 is 2.68 bits per heavy atom. The molecule has 2 N–H and O–H groups in total. The van der Waals surface area contributed by atoms with E-state index < -0.39 is 5.97 Å². The molecule has 0 unspecified atom stereocenters. The summed E-state index contributed by atoms with van der Waals surface area (Å²) < 4.78 is 0. The summed E-state index contributed by atoms with van der Waals surface area (Å²) in [5, 5.41) is 12.0. The predicted molar refractivity (Wildman–Crippen MR) is 74.6 cm³/mol. The topological polar surface area (TPSA) is 82.5 Å². The van der Waals surface area contributed by atoms with Crippen LogP contribution in [0.15, 0.2) is 0 Å². The summed E-state index contributed by atoms with van der Waals surface area (Å²) in [6, 6.07) is 0. The van der Waals surface area contributed by atoms with Crippen molar-refractivity contribution < 1.29 is 14.7 Å². The Kier molecular flexibility index (Phi) is 5.91. The molecule has 0 fully saturated rings. The van der Waals surface area contributed by atoms with Gasteiger partial charge in [-0.1, -0.05) is 24.7 Å². The van der Waals surface area contributed by atoms with Crippen LogP contribution in [-0.2, 0) is 11.3 Å². The van der Waals surface area contributed by atoms with Crippen molar-refractivity contribution >= 4 is 28.3 Å². The van der Waals surface area contributed by atoms with Crippen LogP contribution >= 0.6 is 11.3 Å². The third-order valence-corrected chi connectivity index (χ3v) is 3.45. The average molecular weight is 285 g/mol. The monoisotopic (exact) mass is 285 g/mol. The lowest BCUT2D eigenvalue weighted by Gasteiger charge is -2.14. The number of carbonyl (C=O) groups excluding carboxylic acids is 1. The number of hydrogen-bond acceptors (Lipinski definition) is 5. The molecule has 0 radical (unpaired) electrons. The molecule has 19 heavy (non-hydrogen) atoms. The zero-order valence-electron chi connectivity index (χ0n) is 11.4. The number of anilines is 1. The second kappa shape index (κ2) is 7.20. The molecule has 0 aliphatic carbocycles. The van der Waals surface area contributed by atoms with Gasteiger partial charge in [0.05, 0.1) is 4.88 Å². The summed E-state index contributed by atoms with van der Waals surface area (Å²) in [5.41, 5.74) is 0.0251. The van der Waals surface area contributed by atoms with Gasteiger partial charge >= 0.3 is 5.97 Å². The molecule has 0 aliphatic heterocycles. The lowest BCUT2D eigenvalue weighted by Crippen LogP contribution is -2.19. The van der Waals surface area contributed by atoms with Gasteiger partial charge in [0.15, 0.2) is 10.8 Å². The van der Waals surface area contributed by atoms with Crippen molar-refractivity contribution in [3.63, 3.8) is 0 Å². The smallest absolute Gasteiger partial charge is 0.355 e. The maximum atomic E-state index is 11.1. The number of carboxylic acids is 1. The van der Waals surface area contributed by atoms with E-state index >= 15 is 0 Å². The van der Waals surface area contributed by atoms with Gasteiger partial charge < -0.3 is 15.3 Å². The fourth-order valence-electron chi connectivity index (χ4n) is 1.58. The number of aromatic nitrogens is 1. The van der Waals surface area contributed by atoms with Crippen LogP contribution in [0.5, 0.6) is 0 Å². The maximum Gasteiger partial charge on any atom is 0.355 e. The Bertz CT molecular complexity index is 459. The minimum absolute atomic E-state index is 0.0251. The number of nitrogens with zero attached hydrogens (tertiary/aromatic N) is 2. The summed E-state index contributed by atoms with van der Waals surface area (Å²) >= 11 is 1.21. The van der Waals surface area contributed by atoms with Crippen LogP contribution in [-0.4, -0.2) is 40.5 Å². The average Bonchev–Trinajstić information content (AvgIpc) is 2.68. The SMILES string of the molecule is CCCCN(C)Cc1sc(NC(C)=O)nc1C(=O)O. The van der Waals surface area contributed by atoms with Gasteiger partial charge in [0.25, 0.3) is 0 Å². The molecule has 1 aromatic rings. The highest BCUT2D eigenvalue weighted by Crippen LogP contribution is 2.24. The highest BCUT2D eigenvalue weighted by Gasteiger charge is 2.18. The van der Waals surface area contributed by atoms with Gasteiger partial charge in [-0.15, -0.1) is 0 Å². The van der Waals surface area contributed by atoms with Gasteiger partial charge in [0.2, 0.25) is 5.91 Å². The molecule has 1 amide bonds. The number of rotatable bonds is 7. The van der Waals surface area contributed by atoms with Crippen LogP contribution in [0.25, 0.3) is 0 Å². The highest BCUT2D eigenvalue weighted by atomic mass is 32.1. The first-order valence-corrected chi connectivity index (χ1v) is 6.94. The van der Waals surface area contributed by atoms with Gasteiger partial charge in [-0.3, -0.25) is 4.79 Å². The van der Waals surface area contributed by atoms with E-state index in [1.807, 2.05) is 7.05 Å². The molecule has 0 aliphatic rings. The first-order valence-electron chi connectivity index (χ1n) is 6.13. The number of hydrogen-bond donors (Lipinski definition) is 2. The molecule has 0 spiro atoms. The number of nitrogens with one attached hydrogen (secondary N) is 1. The third kappa shape index (κ3) is 4.96. The third-order valence-electron chi connectivity index (χ3n) is 2.49. The molecular weight excluding hydrogens is 266 g/mol. The van der Waals surface area contributed by atoms with Crippen molar-refractivity contribution in [3.05, 3.63) is 10.6 Å². The molecule has 1 heterocycles. The standard InChI is InChI=1S/C12H19N3O3S/c1-4-5-6-15(3)7-9-10(11(17)18)14-12(19-9)13-8(2)16/h4-7H2,1-3H3,(H,17,18)(H,13,14,16). The molecule has 106 valence electrons. The quantitative estimate of drug-likeness (QED) is 0.801. The van der Waals surface area contributed by atoms with Gasteiger partial charge in [0.1, 0.15) is 0 Å². The van der Waals surface area contributed by atoms with Crippen LogP contribution in [0.2, 0.25) is 0 Å². The second-order valence-corrected chi connectivity index (χ2v) is 5.45. The molecule has 0 bridgehead atoms. The predicted octanol–water partition coefficient (Wildman–Crippen LogP) is 2.03. The zero-order valence-corrected chi connectivity index (χ0v) is 12.2. The molecule has 0 saturated carbocycles. The summed E-state index contributed by atoms with van der Waals surface area (Å²) in [6.45, 7) is 4.91. The number of aromatic carboxylic acids is 1. The van der Waals surface area contributed by atoms with Crippen LogP contribution in [0, 0.1) is 0 Å². The van der Waals surface area contributed by atoms with E-state index in [0.717, 1.165) is 19.4 Å². The van der Waals surface area contributed by atoms with Crippen molar-refractivity contribution in [2.24, 2.45) is 0 Å². The van der Waals surface area contributed by atoms with Gasteiger partial charge in [-0.25, -0.2) is 9.78 Å². The van der Waals surface area contributed by atoms with Gasteiger partial charge in [0, 0.05) is 13.5 Å². The number of carboxylic acid groups (broad SMARTS) is 1. The second-order valence-electron chi connectivity index (χ2n) is 4.37. The zero-order chi connectivity index (χ0) is 14.4. The molecule has 7 heteroatoms. The Balaban J connectivity index is 2.82. The van der Waals surface area contributed by atoms with Crippen LogP contribution in [0.3, 0.4) is 0 Å². The largest absolute Gasteiger partial charge is 0.476 e. The van der Waals surface area contributed by atoms with Crippen molar-refractivity contribution in [2.75, 3.05) is 18.9 Å². The van der Waals surface area contributed by atoms with Crippen LogP contribution in [0.1, 0.15) is 42.1 Å². The maximum absolute atomic E-state index is 11.1. The molecule has 1 aromatic heterocycles. The minimum Gasteiger partial charge on any atom is -0.476 e. The molecule has 0 aromatic carbocycles. The molecular formula is C12H19N3O3S. The van der Waals surface area contributed by atoms with E-state index in [4.69, 9.17) is 5.11 Å². The lowest BCUT2D eigenvalue weighted by molar-refractivity contribution is -0.114. The fourth-order valence-corrected chi connectivity index (χ4v) is 2.66. The minimum atomic E-state index is -1.06. The first kappa shape index (κ1) is 15.6. The Hall–Kier alpha value is -1.47. The number of carbonyl (C=O) groups is 2. The number of unbranched alkanes of at least 4 members (excludes halogenated alkanes) is 1. The first-order chi connectivity index (χ1) is 8.93. The Morgan fingerprint density at radius 1 is 1.47 bits per heavy atom. The van der Waals surface area contributed by atoms with E-state index in [2.05, 4.69) is 22.1 Å². The van der Waals surface area contributed by atoms with Crippen molar-refractivity contribution in [2.45, 2.75) is 33.2 Å².